The van der Waals surface area contributed by atoms with E-state index in [0.717, 1.165) is 12.0 Å². The van der Waals surface area contributed by atoms with E-state index in [1.54, 1.807) is 0 Å². The van der Waals surface area contributed by atoms with Gasteiger partial charge in [0, 0.05) is 6.42 Å². The smallest absolute Gasteiger partial charge is 0.325 e. The molecule has 1 aromatic rings. The van der Waals surface area contributed by atoms with Gasteiger partial charge in [0.2, 0.25) is 5.91 Å². The van der Waals surface area contributed by atoms with Gasteiger partial charge < -0.3 is 10.4 Å². The van der Waals surface area contributed by atoms with Crippen molar-refractivity contribution in [3.05, 3.63) is 35.9 Å². The van der Waals surface area contributed by atoms with Crippen LogP contribution >= 0.6 is 0 Å². The molecule has 0 radical (unpaired) electrons. The summed E-state index contributed by atoms with van der Waals surface area (Å²) in [6, 6.07) is 8.95. The van der Waals surface area contributed by atoms with Crippen LogP contribution < -0.4 is 5.32 Å². The summed E-state index contributed by atoms with van der Waals surface area (Å²) in [6.07, 6.45) is 1.16. The summed E-state index contributed by atoms with van der Waals surface area (Å²) >= 11 is 0. The van der Waals surface area contributed by atoms with Crippen molar-refractivity contribution in [3.63, 3.8) is 0 Å². The van der Waals surface area contributed by atoms with E-state index in [1.165, 1.54) is 6.92 Å². The highest BCUT2D eigenvalue weighted by molar-refractivity contribution is 5.83. The van der Waals surface area contributed by atoms with Crippen molar-refractivity contribution in [2.45, 2.75) is 38.6 Å². The Bertz CT molecular complexity index is 403. The summed E-state index contributed by atoms with van der Waals surface area (Å²) in [4.78, 5) is 22.4. The molecule has 18 heavy (non-hydrogen) atoms. The topological polar surface area (TPSA) is 66.4 Å². The number of nitrogens with one attached hydrogen (secondary N) is 1. The van der Waals surface area contributed by atoms with Crippen molar-refractivity contribution >= 4 is 11.9 Å². The monoisotopic (exact) mass is 249 g/mol. The normalized spacial score (nSPS) is 13.7. The van der Waals surface area contributed by atoms with Crippen molar-refractivity contribution in [2.75, 3.05) is 0 Å². The fraction of sp³-hybridized carbons (Fsp3) is 0.429. The van der Waals surface area contributed by atoms with Gasteiger partial charge in [0.05, 0.1) is 0 Å². The van der Waals surface area contributed by atoms with Crippen LogP contribution in [0, 0.1) is 0 Å². The van der Waals surface area contributed by atoms with Crippen molar-refractivity contribution in [1.82, 2.24) is 5.32 Å². The molecule has 0 aliphatic heterocycles. The molecule has 0 bridgehead atoms. The molecule has 1 rings (SSSR count). The molecule has 98 valence electrons. The number of amides is 1. The first-order valence-corrected chi connectivity index (χ1v) is 6.11. The van der Waals surface area contributed by atoms with E-state index < -0.39 is 12.0 Å². The molecule has 2 N–H and O–H groups in total. The first-order valence-electron chi connectivity index (χ1n) is 6.11. The summed E-state index contributed by atoms with van der Waals surface area (Å²) < 4.78 is 0. The number of hydrogen-bond acceptors (Lipinski definition) is 2. The molecular weight excluding hydrogens is 230 g/mol. The number of hydrogen-bond donors (Lipinski definition) is 2. The Balaban J connectivity index is 2.59. The molecule has 4 heteroatoms. The lowest BCUT2D eigenvalue weighted by Crippen LogP contribution is -2.38. The van der Waals surface area contributed by atoms with E-state index in [2.05, 4.69) is 5.32 Å². The summed E-state index contributed by atoms with van der Waals surface area (Å²) in [6.45, 7) is 3.48. The average molecular weight is 249 g/mol. The molecule has 1 aromatic carbocycles. The van der Waals surface area contributed by atoms with Crippen LogP contribution in [0.15, 0.2) is 30.3 Å². The van der Waals surface area contributed by atoms with Crippen molar-refractivity contribution in [2.24, 2.45) is 0 Å². The standard InChI is InChI=1S/C14H19NO3/c1-3-11(12-7-5-4-6-8-12)9-13(16)15-10(2)14(17)18/h4-8,10-11H,3,9H2,1-2H3,(H,15,16)(H,17,18)/t10-,11?/m1/s1. The molecule has 2 atom stereocenters. The third kappa shape index (κ3) is 4.20. The van der Waals surface area contributed by atoms with Gasteiger partial charge in [-0.3, -0.25) is 9.59 Å². The zero-order chi connectivity index (χ0) is 13.5. The lowest BCUT2D eigenvalue weighted by molar-refractivity contribution is -0.141. The number of benzene rings is 1. The molecule has 4 nitrogen and oxygen atoms in total. The third-order valence-electron chi connectivity index (χ3n) is 2.94. The Hall–Kier alpha value is -1.84. The number of carbonyl (C=O) groups excluding carboxylic acids is 1. The van der Waals surface area contributed by atoms with Crippen LogP contribution in [0.1, 0.15) is 38.2 Å². The molecule has 1 unspecified atom stereocenters. The van der Waals surface area contributed by atoms with Crippen molar-refractivity contribution < 1.29 is 14.7 Å². The number of aliphatic carboxylic acids is 1. The molecule has 0 aromatic heterocycles. The van der Waals surface area contributed by atoms with Crippen molar-refractivity contribution in [1.29, 1.82) is 0 Å². The summed E-state index contributed by atoms with van der Waals surface area (Å²) in [5.41, 5.74) is 1.11. The number of rotatable bonds is 6. The SMILES string of the molecule is CCC(CC(=O)N[C@H](C)C(=O)O)c1ccccc1. The minimum atomic E-state index is -1.02. The maximum atomic E-state index is 11.7. The van der Waals surface area contributed by atoms with E-state index in [9.17, 15) is 9.59 Å². The van der Waals surface area contributed by atoms with Crippen LogP contribution in [-0.2, 0) is 9.59 Å². The fourth-order valence-electron chi connectivity index (χ4n) is 1.81. The van der Waals surface area contributed by atoms with Crippen LogP contribution in [0.2, 0.25) is 0 Å². The highest BCUT2D eigenvalue weighted by atomic mass is 16.4. The second kappa shape index (κ2) is 6.79. The predicted molar refractivity (Wildman–Crippen MR) is 69.3 cm³/mol. The largest absolute Gasteiger partial charge is 0.480 e. The van der Waals surface area contributed by atoms with Gasteiger partial charge in [-0.25, -0.2) is 0 Å². The quantitative estimate of drug-likeness (QED) is 0.812. The molecule has 0 spiro atoms. The van der Waals surface area contributed by atoms with Crippen LogP contribution in [-0.4, -0.2) is 23.0 Å². The van der Waals surface area contributed by atoms with Gasteiger partial charge >= 0.3 is 5.97 Å². The van der Waals surface area contributed by atoms with Gasteiger partial charge in [0.15, 0.2) is 0 Å². The molecule has 0 saturated heterocycles. The fourth-order valence-corrected chi connectivity index (χ4v) is 1.81. The van der Waals surface area contributed by atoms with E-state index >= 15 is 0 Å². The Morgan fingerprint density at radius 2 is 1.89 bits per heavy atom. The van der Waals surface area contributed by atoms with Gasteiger partial charge in [-0.1, -0.05) is 37.3 Å². The Kier molecular flexibility index (Phi) is 5.36. The Morgan fingerprint density at radius 3 is 2.39 bits per heavy atom. The first kappa shape index (κ1) is 14.2. The minimum absolute atomic E-state index is 0.132. The zero-order valence-corrected chi connectivity index (χ0v) is 10.7. The molecule has 0 saturated carbocycles. The number of carboxylic acid groups (broad SMARTS) is 1. The maximum absolute atomic E-state index is 11.7. The van der Waals surface area contributed by atoms with E-state index in [4.69, 9.17) is 5.11 Å². The summed E-state index contributed by atoms with van der Waals surface area (Å²) in [5.74, 6) is -1.11. The molecule has 0 aliphatic rings. The minimum Gasteiger partial charge on any atom is -0.480 e. The average Bonchev–Trinajstić information content (AvgIpc) is 2.36. The zero-order valence-electron chi connectivity index (χ0n) is 10.7. The van der Waals surface area contributed by atoms with Gasteiger partial charge in [0.25, 0.3) is 0 Å². The number of carbonyl (C=O) groups is 2. The number of carboxylic acids is 1. The highest BCUT2D eigenvalue weighted by Crippen LogP contribution is 2.22. The maximum Gasteiger partial charge on any atom is 0.325 e. The van der Waals surface area contributed by atoms with E-state index in [1.807, 2.05) is 37.3 Å². The Morgan fingerprint density at radius 1 is 1.28 bits per heavy atom. The van der Waals surface area contributed by atoms with Crippen LogP contribution in [0.25, 0.3) is 0 Å². The molecular formula is C14H19NO3. The van der Waals surface area contributed by atoms with Gasteiger partial charge in [-0.05, 0) is 24.8 Å². The van der Waals surface area contributed by atoms with E-state index in [0.29, 0.717) is 6.42 Å². The molecule has 0 heterocycles. The van der Waals surface area contributed by atoms with Gasteiger partial charge in [-0.15, -0.1) is 0 Å². The van der Waals surface area contributed by atoms with Crippen molar-refractivity contribution in [3.8, 4) is 0 Å². The Labute approximate surface area is 107 Å². The summed E-state index contributed by atoms with van der Waals surface area (Å²) in [7, 11) is 0. The highest BCUT2D eigenvalue weighted by Gasteiger charge is 2.18. The van der Waals surface area contributed by atoms with Crippen LogP contribution in [0.4, 0.5) is 0 Å². The molecule has 1 amide bonds. The van der Waals surface area contributed by atoms with Crippen LogP contribution in [0.3, 0.4) is 0 Å². The predicted octanol–water partition coefficient (Wildman–Crippen LogP) is 2.16. The van der Waals surface area contributed by atoms with E-state index in [-0.39, 0.29) is 11.8 Å². The second-order valence-corrected chi connectivity index (χ2v) is 4.35. The third-order valence-corrected chi connectivity index (χ3v) is 2.94. The van der Waals surface area contributed by atoms with Crippen LogP contribution in [0.5, 0.6) is 0 Å². The van der Waals surface area contributed by atoms with Gasteiger partial charge in [-0.2, -0.15) is 0 Å². The second-order valence-electron chi connectivity index (χ2n) is 4.35. The lowest BCUT2D eigenvalue weighted by atomic mass is 9.93. The molecule has 0 aliphatic carbocycles. The lowest BCUT2D eigenvalue weighted by Gasteiger charge is -2.16. The van der Waals surface area contributed by atoms with Gasteiger partial charge in [0.1, 0.15) is 6.04 Å². The first-order chi connectivity index (χ1) is 8.54. The summed E-state index contributed by atoms with van der Waals surface area (Å²) in [5, 5.41) is 11.2. The molecule has 0 fully saturated rings.